The number of hydrogen-bond acceptors (Lipinski definition) is 7. The molecule has 0 aliphatic heterocycles. The molecule has 0 heterocycles. The van der Waals surface area contributed by atoms with Gasteiger partial charge in [0, 0.05) is 12.8 Å². The molecule has 49 heavy (non-hydrogen) atoms. The number of primary amides is 2. The third-order valence-electron chi connectivity index (χ3n) is 7.72. The Morgan fingerprint density at radius 3 is 1.73 bits per heavy atom. The number of alkyl carbamates (subject to hydrolysis) is 1. The quantitative estimate of drug-likeness (QED) is 0.126. The molecular formula is C37H47N5O7. The van der Waals surface area contributed by atoms with Crippen molar-refractivity contribution in [2.45, 2.75) is 88.6 Å². The van der Waals surface area contributed by atoms with Gasteiger partial charge in [-0.3, -0.25) is 19.2 Å². The van der Waals surface area contributed by atoms with E-state index in [1.165, 1.54) is 0 Å². The monoisotopic (exact) mass is 673 g/mol. The predicted molar refractivity (Wildman–Crippen MR) is 185 cm³/mol. The zero-order valence-corrected chi connectivity index (χ0v) is 28.1. The van der Waals surface area contributed by atoms with E-state index < -0.39 is 65.5 Å². The largest absolute Gasteiger partial charge is 0.444 e. The molecule has 3 aromatic carbocycles. The fourth-order valence-electron chi connectivity index (χ4n) is 5.27. The Bertz CT molecular complexity index is 1530. The van der Waals surface area contributed by atoms with Crippen LogP contribution in [0.5, 0.6) is 0 Å². The highest BCUT2D eigenvalue weighted by molar-refractivity contribution is 5.93. The Morgan fingerprint density at radius 1 is 0.714 bits per heavy atom. The average molecular weight is 674 g/mol. The summed E-state index contributed by atoms with van der Waals surface area (Å²) in [5.41, 5.74) is 12.3. The molecule has 3 aromatic rings. The first-order valence-corrected chi connectivity index (χ1v) is 16.2. The summed E-state index contributed by atoms with van der Waals surface area (Å²) < 4.78 is 5.45. The molecule has 0 aliphatic rings. The molecule has 5 amide bonds. The van der Waals surface area contributed by atoms with Crippen LogP contribution in [0.4, 0.5) is 4.79 Å². The fraction of sp³-hybridized carbons (Fsp3) is 0.378. The summed E-state index contributed by atoms with van der Waals surface area (Å²) in [5.74, 6) is -3.80. The number of amides is 5. The molecule has 262 valence electrons. The second-order valence-electron chi connectivity index (χ2n) is 12.9. The highest BCUT2D eigenvalue weighted by Gasteiger charge is 2.33. The van der Waals surface area contributed by atoms with Gasteiger partial charge in [-0.2, -0.15) is 0 Å². The zero-order valence-electron chi connectivity index (χ0n) is 28.1. The van der Waals surface area contributed by atoms with Crippen molar-refractivity contribution in [3.05, 3.63) is 108 Å². The highest BCUT2D eigenvalue weighted by Crippen LogP contribution is 2.25. The first kappa shape index (κ1) is 38.2. The van der Waals surface area contributed by atoms with E-state index in [1.807, 2.05) is 36.4 Å². The SMILES string of the molecule is CC(C)(C)OC(=O)N[C@@H](Cc1ccccc1)[C@@H](O)C[C@H](C(=O)N[C@@H](CCC(N)=O)C(=O)N[C@@H](Cc1ccccc1)C(N)=O)c1ccccc1. The lowest BCUT2D eigenvalue weighted by Crippen LogP contribution is -2.54. The third-order valence-corrected chi connectivity index (χ3v) is 7.72. The van der Waals surface area contributed by atoms with E-state index in [0.717, 1.165) is 11.1 Å². The van der Waals surface area contributed by atoms with Gasteiger partial charge in [0.2, 0.25) is 23.6 Å². The summed E-state index contributed by atoms with van der Waals surface area (Å²) in [6, 6.07) is 23.7. The van der Waals surface area contributed by atoms with Gasteiger partial charge in [0.05, 0.1) is 18.1 Å². The number of aliphatic hydroxyl groups is 1. The van der Waals surface area contributed by atoms with Gasteiger partial charge in [-0.1, -0.05) is 91.0 Å². The van der Waals surface area contributed by atoms with Gasteiger partial charge >= 0.3 is 6.09 Å². The van der Waals surface area contributed by atoms with Crippen molar-refractivity contribution in [1.29, 1.82) is 0 Å². The Balaban J connectivity index is 1.87. The molecular weight excluding hydrogens is 626 g/mol. The van der Waals surface area contributed by atoms with Gasteiger partial charge in [-0.25, -0.2) is 4.79 Å². The number of aliphatic hydroxyl groups excluding tert-OH is 1. The van der Waals surface area contributed by atoms with Crippen molar-refractivity contribution < 1.29 is 33.8 Å². The highest BCUT2D eigenvalue weighted by atomic mass is 16.6. The van der Waals surface area contributed by atoms with Crippen molar-refractivity contribution in [3.63, 3.8) is 0 Å². The molecule has 0 unspecified atom stereocenters. The van der Waals surface area contributed by atoms with Gasteiger partial charge in [0.25, 0.3) is 0 Å². The smallest absolute Gasteiger partial charge is 0.407 e. The Morgan fingerprint density at radius 2 is 1.22 bits per heavy atom. The third kappa shape index (κ3) is 13.4. The van der Waals surface area contributed by atoms with E-state index in [2.05, 4.69) is 16.0 Å². The molecule has 0 aromatic heterocycles. The van der Waals surface area contributed by atoms with Crippen molar-refractivity contribution in [2.75, 3.05) is 0 Å². The molecule has 0 saturated heterocycles. The minimum atomic E-state index is -1.26. The fourth-order valence-corrected chi connectivity index (χ4v) is 5.27. The molecule has 12 heteroatoms. The van der Waals surface area contributed by atoms with E-state index in [1.54, 1.807) is 75.4 Å². The molecule has 5 atom stereocenters. The summed E-state index contributed by atoms with van der Waals surface area (Å²) in [6.45, 7) is 5.18. The molecule has 0 aliphatic carbocycles. The van der Waals surface area contributed by atoms with Gasteiger partial charge in [0.15, 0.2) is 0 Å². The number of rotatable bonds is 17. The Kier molecular flexibility index (Phi) is 14.3. The Labute approximate surface area is 287 Å². The number of ether oxygens (including phenoxy) is 1. The average Bonchev–Trinajstić information content (AvgIpc) is 3.05. The topological polar surface area (TPSA) is 203 Å². The van der Waals surface area contributed by atoms with Crippen LogP contribution in [0.1, 0.15) is 62.6 Å². The van der Waals surface area contributed by atoms with Crippen LogP contribution in [0.15, 0.2) is 91.0 Å². The van der Waals surface area contributed by atoms with Crippen LogP contribution in [0.2, 0.25) is 0 Å². The van der Waals surface area contributed by atoms with Gasteiger partial charge in [-0.05, 0) is 56.7 Å². The van der Waals surface area contributed by atoms with E-state index in [-0.39, 0.29) is 32.1 Å². The molecule has 3 rings (SSSR count). The molecule has 0 spiro atoms. The molecule has 12 nitrogen and oxygen atoms in total. The molecule has 0 radical (unpaired) electrons. The normalized spacial score (nSPS) is 14.3. The maximum atomic E-state index is 14.0. The van der Waals surface area contributed by atoms with Crippen LogP contribution < -0.4 is 27.4 Å². The first-order valence-electron chi connectivity index (χ1n) is 16.2. The zero-order chi connectivity index (χ0) is 36.0. The lowest BCUT2D eigenvalue weighted by atomic mass is 9.88. The molecule has 0 fully saturated rings. The number of hydrogen-bond donors (Lipinski definition) is 6. The van der Waals surface area contributed by atoms with Crippen LogP contribution in [0, 0.1) is 0 Å². The number of nitrogens with one attached hydrogen (secondary N) is 3. The maximum Gasteiger partial charge on any atom is 0.407 e. The summed E-state index contributed by atoms with van der Waals surface area (Å²) in [6.07, 6.45) is -2.14. The first-order chi connectivity index (χ1) is 23.2. The second-order valence-corrected chi connectivity index (χ2v) is 12.9. The van der Waals surface area contributed by atoms with Crippen molar-refractivity contribution in [1.82, 2.24) is 16.0 Å². The summed E-state index contributed by atoms with van der Waals surface area (Å²) in [5, 5.41) is 19.7. The van der Waals surface area contributed by atoms with Gasteiger partial charge in [-0.15, -0.1) is 0 Å². The summed E-state index contributed by atoms with van der Waals surface area (Å²) in [4.78, 5) is 64.4. The predicted octanol–water partition coefficient (Wildman–Crippen LogP) is 2.62. The van der Waals surface area contributed by atoms with Gasteiger partial charge < -0.3 is 37.3 Å². The molecule has 8 N–H and O–H groups in total. The van der Waals surface area contributed by atoms with E-state index in [9.17, 15) is 29.1 Å². The second kappa shape index (κ2) is 18.3. The van der Waals surface area contributed by atoms with Crippen LogP contribution in [0.3, 0.4) is 0 Å². The minimum absolute atomic E-state index is 0.116. The molecule has 0 saturated carbocycles. The molecule has 0 bridgehead atoms. The van der Waals surface area contributed by atoms with Crippen LogP contribution in [-0.2, 0) is 36.8 Å². The van der Waals surface area contributed by atoms with E-state index in [4.69, 9.17) is 16.2 Å². The number of carbonyl (C=O) groups is 5. The Hall–Kier alpha value is -5.23. The lowest BCUT2D eigenvalue weighted by Gasteiger charge is -2.30. The van der Waals surface area contributed by atoms with E-state index in [0.29, 0.717) is 5.56 Å². The summed E-state index contributed by atoms with van der Waals surface area (Å²) >= 11 is 0. The lowest BCUT2D eigenvalue weighted by molar-refractivity contribution is -0.132. The number of carbonyl (C=O) groups excluding carboxylic acids is 5. The number of benzene rings is 3. The summed E-state index contributed by atoms with van der Waals surface area (Å²) in [7, 11) is 0. The van der Waals surface area contributed by atoms with Crippen molar-refractivity contribution in [3.8, 4) is 0 Å². The van der Waals surface area contributed by atoms with Crippen LogP contribution in [-0.4, -0.2) is 64.7 Å². The minimum Gasteiger partial charge on any atom is -0.444 e. The standard InChI is InChI=1S/C37H47N5O7/c1-37(2,3)49-36(48)42-29(21-24-13-7-4-8-14-24)31(43)23-27(26-17-11-6-12-18-26)34(46)40-28(19-20-32(38)44)35(47)41-30(33(39)45)22-25-15-9-5-10-16-25/h4-18,27-31,43H,19-23H2,1-3H3,(H2,38,44)(H2,39,45)(H,40,46)(H,41,47)(H,42,48)/t27-,28-,29-,30-,31-/m0/s1. The van der Waals surface area contributed by atoms with E-state index >= 15 is 0 Å². The van der Waals surface area contributed by atoms with Crippen LogP contribution >= 0.6 is 0 Å². The van der Waals surface area contributed by atoms with Crippen molar-refractivity contribution >= 4 is 29.7 Å². The maximum absolute atomic E-state index is 14.0. The number of nitrogens with two attached hydrogens (primary N) is 2. The van der Waals surface area contributed by atoms with Gasteiger partial charge in [0.1, 0.15) is 17.7 Å². The van der Waals surface area contributed by atoms with Crippen LogP contribution in [0.25, 0.3) is 0 Å². The van der Waals surface area contributed by atoms with Crippen molar-refractivity contribution in [2.24, 2.45) is 11.5 Å².